The van der Waals surface area contributed by atoms with E-state index in [1.165, 1.54) is 0 Å². The summed E-state index contributed by atoms with van der Waals surface area (Å²) in [6.07, 6.45) is -1.42. The summed E-state index contributed by atoms with van der Waals surface area (Å²) >= 11 is 0. The lowest BCUT2D eigenvalue weighted by atomic mass is 10.1. The number of carbonyl (C=O) groups excluding carboxylic acids is 1. The number of fused-ring (bicyclic) bond motifs is 1. The van der Waals surface area contributed by atoms with E-state index >= 15 is 0 Å². The standard InChI is InChI=1S/C17H15F2N3O2/c18-10-5-6-12(19)11(7-10)15(23)9-22-14-4-2-1-3-13(14)21-17(22)8-16(20)24/h1-7,15,23H,8-9H2,(H2,20,24). The number of benzene rings is 2. The zero-order chi connectivity index (χ0) is 17.3. The van der Waals surface area contributed by atoms with E-state index in [9.17, 15) is 18.7 Å². The third kappa shape index (κ3) is 3.11. The van der Waals surface area contributed by atoms with Gasteiger partial charge in [-0.1, -0.05) is 12.1 Å². The smallest absolute Gasteiger partial charge is 0.225 e. The summed E-state index contributed by atoms with van der Waals surface area (Å²) in [5.74, 6) is -1.55. The van der Waals surface area contributed by atoms with Crippen LogP contribution in [0.4, 0.5) is 8.78 Å². The number of imidazole rings is 1. The minimum Gasteiger partial charge on any atom is -0.386 e. The summed E-state index contributed by atoms with van der Waals surface area (Å²) in [6.45, 7) is -0.0799. The van der Waals surface area contributed by atoms with Gasteiger partial charge in [-0.2, -0.15) is 0 Å². The SMILES string of the molecule is NC(=O)Cc1nc2ccccc2n1CC(O)c1cc(F)ccc1F. The molecule has 0 aliphatic heterocycles. The first-order chi connectivity index (χ1) is 11.5. The molecule has 3 aromatic rings. The Kier molecular flexibility index (Phi) is 4.26. The van der Waals surface area contributed by atoms with E-state index in [0.29, 0.717) is 16.9 Å². The Morgan fingerprint density at radius 2 is 2.00 bits per heavy atom. The van der Waals surface area contributed by atoms with Gasteiger partial charge in [0, 0.05) is 5.56 Å². The second-order valence-corrected chi connectivity index (χ2v) is 5.45. The minimum atomic E-state index is -1.30. The van der Waals surface area contributed by atoms with Crippen molar-refractivity contribution in [3.05, 3.63) is 65.5 Å². The summed E-state index contributed by atoms with van der Waals surface area (Å²) in [6, 6.07) is 9.99. The second kappa shape index (κ2) is 6.37. The Labute approximate surface area is 136 Å². The molecule has 1 amide bonds. The Bertz CT molecular complexity index is 908. The Hall–Kier alpha value is -2.80. The first kappa shape index (κ1) is 16.1. The molecule has 1 atom stereocenters. The van der Waals surface area contributed by atoms with Crippen LogP contribution < -0.4 is 5.73 Å². The number of aliphatic hydroxyl groups excluding tert-OH is 1. The van der Waals surface area contributed by atoms with Crippen LogP contribution in [-0.4, -0.2) is 20.6 Å². The number of hydrogen-bond donors (Lipinski definition) is 2. The van der Waals surface area contributed by atoms with Gasteiger partial charge >= 0.3 is 0 Å². The average Bonchev–Trinajstić information content (AvgIpc) is 2.86. The molecule has 5 nitrogen and oxygen atoms in total. The van der Waals surface area contributed by atoms with Crippen LogP contribution in [0.25, 0.3) is 11.0 Å². The summed E-state index contributed by atoms with van der Waals surface area (Å²) < 4.78 is 28.8. The lowest BCUT2D eigenvalue weighted by Crippen LogP contribution is -2.19. The highest BCUT2D eigenvalue weighted by atomic mass is 19.1. The molecule has 0 aliphatic rings. The molecular formula is C17H15F2N3O2. The van der Waals surface area contributed by atoms with E-state index in [4.69, 9.17) is 5.73 Å². The largest absolute Gasteiger partial charge is 0.386 e. The fourth-order valence-corrected chi connectivity index (χ4v) is 2.66. The Morgan fingerprint density at radius 3 is 2.75 bits per heavy atom. The van der Waals surface area contributed by atoms with Crippen molar-refractivity contribution in [2.45, 2.75) is 19.1 Å². The zero-order valence-electron chi connectivity index (χ0n) is 12.6. The van der Waals surface area contributed by atoms with Crippen LogP contribution in [-0.2, 0) is 17.8 Å². The summed E-state index contributed by atoms with van der Waals surface area (Å²) in [5.41, 5.74) is 6.38. The predicted molar refractivity (Wildman–Crippen MR) is 83.9 cm³/mol. The van der Waals surface area contributed by atoms with E-state index in [1.54, 1.807) is 28.8 Å². The molecule has 0 bridgehead atoms. The molecule has 3 rings (SSSR count). The maximum Gasteiger partial charge on any atom is 0.225 e. The minimum absolute atomic E-state index is 0.0799. The van der Waals surface area contributed by atoms with Crippen molar-refractivity contribution in [2.24, 2.45) is 5.73 Å². The highest BCUT2D eigenvalue weighted by Crippen LogP contribution is 2.24. The molecule has 0 spiro atoms. The number of carbonyl (C=O) groups is 1. The normalized spacial score (nSPS) is 12.5. The van der Waals surface area contributed by atoms with Crippen LogP contribution in [0.5, 0.6) is 0 Å². The van der Waals surface area contributed by atoms with Gasteiger partial charge in [-0.15, -0.1) is 0 Å². The molecule has 0 aliphatic carbocycles. The molecule has 0 radical (unpaired) electrons. The summed E-state index contributed by atoms with van der Waals surface area (Å²) in [7, 11) is 0. The van der Waals surface area contributed by atoms with Gasteiger partial charge in [0.25, 0.3) is 0 Å². The first-order valence-corrected chi connectivity index (χ1v) is 7.31. The fraction of sp³-hybridized carbons (Fsp3) is 0.176. The number of aromatic nitrogens is 2. The highest BCUT2D eigenvalue weighted by Gasteiger charge is 2.19. The topological polar surface area (TPSA) is 81.1 Å². The van der Waals surface area contributed by atoms with Gasteiger partial charge in [0.1, 0.15) is 17.5 Å². The van der Waals surface area contributed by atoms with Crippen molar-refractivity contribution in [1.82, 2.24) is 9.55 Å². The van der Waals surface area contributed by atoms with E-state index in [2.05, 4.69) is 4.98 Å². The Balaban J connectivity index is 2.02. The quantitative estimate of drug-likeness (QED) is 0.751. The first-order valence-electron chi connectivity index (χ1n) is 7.31. The van der Waals surface area contributed by atoms with Crippen LogP contribution in [0, 0.1) is 11.6 Å². The third-order valence-electron chi connectivity index (χ3n) is 3.74. The summed E-state index contributed by atoms with van der Waals surface area (Å²) in [4.78, 5) is 15.6. The van der Waals surface area contributed by atoms with E-state index in [0.717, 1.165) is 18.2 Å². The number of aliphatic hydroxyl groups is 1. The fourth-order valence-electron chi connectivity index (χ4n) is 2.66. The van der Waals surface area contributed by atoms with Crippen molar-refractivity contribution in [1.29, 1.82) is 0 Å². The highest BCUT2D eigenvalue weighted by molar-refractivity contribution is 5.80. The zero-order valence-corrected chi connectivity index (χ0v) is 12.6. The predicted octanol–water partition coefficient (Wildman–Crippen LogP) is 2.08. The number of primary amides is 1. The molecule has 1 unspecified atom stereocenters. The molecule has 7 heteroatoms. The lowest BCUT2D eigenvalue weighted by Gasteiger charge is -2.15. The molecule has 24 heavy (non-hydrogen) atoms. The Morgan fingerprint density at radius 1 is 1.25 bits per heavy atom. The monoisotopic (exact) mass is 331 g/mol. The van der Waals surface area contributed by atoms with Crippen molar-refractivity contribution in [3.63, 3.8) is 0 Å². The summed E-state index contributed by atoms with van der Waals surface area (Å²) in [5, 5.41) is 10.3. The molecule has 2 aromatic carbocycles. The molecular weight excluding hydrogens is 316 g/mol. The maximum atomic E-state index is 13.8. The lowest BCUT2D eigenvalue weighted by molar-refractivity contribution is -0.117. The van der Waals surface area contributed by atoms with Gasteiger partial charge in [0.15, 0.2) is 0 Å². The van der Waals surface area contributed by atoms with E-state index < -0.39 is 23.6 Å². The number of rotatable bonds is 5. The molecule has 0 saturated carbocycles. The van der Waals surface area contributed by atoms with E-state index in [1.807, 2.05) is 0 Å². The van der Waals surface area contributed by atoms with Crippen molar-refractivity contribution in [2.75, 3.05) is 0 Å². The number of para-hydroxylation sites is 2. The van der Waals surface area contributed by atoms with Crippen molar-refractivity contribution >= 4 is 16.9 Å². The molecule has 1 aromatic heterocycles. The second-order valence-electron chi connectivity index (χ2n) is 5.45. The van der Waals surface area contributed by atoms with Gasteiger partial charge in [-0.3, -0.25) is 4.79 Å². The van der Waals surface area contributed by atoms with Gasteiger partial charge in [0.2, 0.25) is 5.91 Å². The molecule has 3 N–H and O–H groups in total. The molecule has 124 valence electrons. The molecule has 1 heterocycles. The average molecular weight is 331 g/mol. The van der Waals surface area contributed by atoms with Crippen LogP contribution >= 0.6 is 0 Å². The van der Waals surface area contributed by atoms with Gasteiger partial charge < -0.3 is 15.4 Å². The molecule has 0 fully saturated rings. The number of hydrogen-bond acceptors (Lipinski definition) is 3. The van der Waals surface area contributed by atoms with Gasteiger partial charge in [-0.05, 0) is 30.3 Å². The van der Waals surface area contributed by atoms with Gasteiger partial charge in [-0.25, -0.2) is 13.8 Å². The van der Waals surface area contributed by atoms with E-state index in [-0.39, 0.29) is 18.5 Å². The third-order valence-corrected chi connectivity index (χ3v) is 3.74. The van der Waals surface area contributed by atoms with Crippen molar-refractivity contribution in [3.8, 4) is 0 Å². The number of halogens is 2. The van der Waals surface area contributed by atoms with Gasteiger partial charge in [0.05, 0.1) is 30.1 Å². The molecule has 0 saturated heterocycles. The van der Waals surface area contributed by atoms with Crippen molar-refractivity contribution < 1.29 is 18.7 Å². The number of amides is 1. The van der Waals surface area contributed by atoms with Crippen LogP contribution in [0.3, 0.4) is 0 Å². The number of nitrogens with zero attached hydrogens (tertiary/aromatic N) is 2. The van der Waals surface area contributed by atoms with Crippen LogP contribution in [0.15, 0.2) is 42.5 Å². The number of nitrogens with two attached hydrogens (primary N) is 1. The van der Waals surface area contributed by atoms with Crippen LogP contribution in [0.2, 0.25) is 0 Å². The maximum absolute atomic E-state index is 13.8. The van der Waals surface area contributed by atoms with Crippen LogP contribution in [0.1, 0.15) is 17.5 Å².